The van der Waals surface area contributed by atoms with Crippen LogP contribution in [0.3, 0.4) is 0 Å². The molecular formula is C25H27N5O2. The summed E-state index contributed by atoms with van der Waals surface area (Å²) in [7, 11) is 3.42. The predicted octanol–water partition coefficient (Wildman–Crippen LogP) is 3.90. The molecule has 1 fully saturated rings. The van der Waals surface area contributed by atoms with E-state index in [0.717, 1.165) is 34.2 Å². The van der Waals surface area contributed by atoms with Crippen LogP contribution in [0.2, 0.25) is 0 Å². The molecule has 1 N–H and O–H groups in total. The number of rotatable bonds is 6. The van der Waals surface area contributed by atoms with Gasteiger partial charge >= 0.3 is 6.03 Å². The Bertz CT molecular complexity index is 1300. The van der Waals surface area contributed by atoms with Gasteiger partial charge in [0, 0.05) is 50.9 Å². The van der Waals surface area contributed by atoms with Gasteiger partial charge in [-0.15, -0.1) is 0 Å². The number of nitrogens with zero attached hydrogens (tertiary/aromatic N) is 4. The Balaban J connectivity index is 1.56. The quantitative estimate of drug-likeness (QED) is 0.505. The second-order valence-corrected chi connectivity index (χ2v) is 8.67. The maximum Gasteiger partial charge on any atom is 0.328 e. The molecule has 3 heterocycles. The summed E-state index contributed by atoms with van der Waals surface area (Å²) in [6, 6.07) is 15.5. The molecule has 1 aromatic carbocycles. The Morgan fingerprint density at radius 1 is 1.09 bits per heavy atom. The second-order valence-electron chi connectivity index (χ2n) is 8.67. The van der Waals surface area contributed by atoms with Crippen molar-refractivity contribution in [2.24, 2.45) is 5.92 Å². The number of hydrogen-bond donors (Lipinski definition) is 1. The summed E-state index contributed by atoms with van der Waals surface area (Å²) in [6.45, 7) is 1.36. The van der Waals surface area contributed by atoms with Crippen LogP contribution in [0.25, 0.3) is 21.9 Å². The molecule has 5 rings (SSSR count). The summed E-state index contributed by atoms with van der Waals surface area (Å²) in [5.41, 5.74) is 4.12. The molecular weight excluding hydrogens is 402 g/mol. The smallest absolute Gasteiger partial charge is 0.328 e. The molecule has 0 bridgehead atoms. The first kappa shape index (κ1) is 20.3. The van der Waals surface area contributed by atoms with Crippen molar-refractivity contribution in [2.75, 3.05) is 20.6 Å². The van der Waals surface area contributed by atoms with Gasteiger partial charge in [-0.05, 0) is 43.0 Å². The average Bonchev–Trinajstić information content (AvgIpc) is 3.46. The number of nitrogens with one attached hydrogen (secondary N) is 1. The molecule has 1 aliphatic carbocycles. The highest BCUT2D eigenvalue weighted by atomic mass is 16.2. The van der Waals surface area contributed by atoms with E-state index in [1.165, 1.54) is 17.7 Å². The van der Waals surface area contributed by atoms with Crippen molar-refractivity contribution in [1.82, 2.24) is 24.3 Å². The number of benzene rings is 1. The van der Waals surface area contributed by atoms with Crippen LogP contribution >= 0.6 is 0 Å². The zero-order chi connectivity index (χ0) is 22.2. The molecule has 4 aromatic rings. The third-order valence-corrected chi connectivity index (χ3v) is 6.06. The van der Waals surface area contributed by atoms with Crippen LogP contribution in [-0.2, 0) is 13.0 Å². The fourth-order valence-corrected chi connectivity index (χ4v) is 4.26. The number of para-hydroxylation sites is 1. The van der Waals surface area contributed by atoms with E-state index < -0.39 is 0 Å². The van der Waals surface area contributed by atoms with Crippen LogP contribution in [0, 0.1) is 5.92 Å². The molecule has 1 saturated carbocycles. The molecule has 32 heavy (non-hydrogen) atoms. The van der Waals surface area contributed by atoms with E-state index >= 15 is 0 Å². The molecule has 0 aliphatic heterocycles. The summed E-state index contributed by atoms with van der Waals surface area (Å²) >= 11 is 0. The van der Waals surface area contributed by atoms with Crippen molar-refractivity contribution in [2.45, 2.75) is 25.8 Å². The standard InChI is InChI=1S/C25H27N5O2/c1-28(2)25(32)30-22(24(31)27-14-12-18-7-5-6-13-26-18)15-21-23(30)19-8-3-4-9-20(19)29(21)16-17-10-11-17/h3-9,13,15,17H,10-12,14,16H2,1-2H3,(H,27,31). The third-order valence-electron chi connectivity index (χ3n) is 6.06. The Hall–Kier alpha value is -3.61. The molecule has 0 radical (unpaired) electrons. The van der Waals surface area contributed by atoms with Crippen LogP contribution in [-0.4, -0.2) is 51.6 Å². The molecule has 164 valence electrons. The van der Waals surface area contributed by atoms with E-state index in [4.69, 9.17) is 0 Å². The topological polar surface area (TPSA) is 72.2 Å². The van der Waals surface area contributed by atoms with Gasteiger partial charge in [0.1, 0.15) is 5.69 Å². The minimum absolute atomic E-state index is 0.232. The molecule has 0 saturated heterocycles. The molecule has 1 aliphatic rings. The average molecular weight is 430 g/mol. The number of carbonyl (C=O) groups excluding carboxylic acids is 2. The van der Waals surface area contributed by atoms with E-state index in [0.29, 0.717) is 24.6 Å². The fraction of sp³-hybridized carbons (Fsp3) is 0.320. The molecule has 0 unspecified atom stereocenters. The Morgan fingerprint density at radius 3 is 2.59 bits per heavy atom. The minimum atomic E-state index is -0.255. The lowest BCUT2D eigenvalue weighted by molar-refractivity contribution is 0.0945. The van der Waals surface area contributed by atoms with Gasteiger partial charge < -0.3 is 14.8 Å². The van der Waals surface area contributed by atoms with Crippen molar-refractivity contribution < 1.29 is 9.59 Å². The van der Waals surface area contributed by atoms with E-state index in [-0.39, 0.29) is 11.9 Å². The summed E-state index contributed by atoms with van der Waals surface area (Å²) in [5, 5.41) is 3.96. The van der Waals surface area contributed by atoms with Gasteiger partial charge in [-0.3, -0.25) is 14.3 Å². The van der Waals surface area contributed by atoms with Gasteiger partial charge in [0.25, 0.3) is 5.91 Å². The normalized spacial score (nSPS) is 13.6. The molecule has 7 nitrogen and oxygen atoms in total. The summed E-state index contributed by atoms with van der Waals surface area (Å²) < 4.78 is 3.84. The van der Waals surface area contributed by atoms with E-state index in [1.54, 1.807) is 24.9 Å². The molecule has 7 heteroatoms. The zero-order valence-electron chi connectivity index (χ0n) is 18.4. The monoisotopic (exact) mass is 429 g/mol. The largest absolute Gasteiger partial charge is 0.350 e. The molecule has 2 amide bonds. The first-order valence-corrected chi connectivity index (χ1v) is 11.1. The maximum absolute atomic E-state index is 13.2. The van der Waals surface area contributed by atoms with Crippen molar-refractivity contribution in [3.05, 3.63) is 66.1 Å². The lowest BCUT2D eigenvalue weighted by atomic mass is 10.2. The van der Waals surface area contributed by atoms with Gasteiger partial charge in [-0.1, -0.05) is 24.3 Å². The highest BCUT2D eigenvalue weighted by Gasteiger charge is 2.29. The first-order valence-electron chi connectivity index (χ1n) is 11.1. The third kappa shape index (κ3) is 3.64. The van der Waals surface area contributed by atoms with Crippen molar-refractivity contribution >= 4 is 33.9 Å². The number of pyridine rings is 1. The molecule has 3 aromatic heterocycles. The van der Waals surface area contributed by atoms with Crippen molar-refractivity contribution in [3.8, 4) is 0 Å². The van der Waals surface area contributed by atoms with Crippen molar-refractivity contribution in [1.29, 1.82) is 0 Å². The highest BCUT2D eigenvalue weighted by Crippen LogP contribution is 2.37. The van der Waals surface area contributed by atoms with Crippen LogP contribution in [0.5, 0.6) is 0 Å². The van der Waals surface area contributed by atoms with E-state index in [2.05, 4.69) is 20.9 Å². The van der Waals surface area contributed by atoms with Gasteiger partial charge in [0.15, 0.2) is 0 Å². The highest BCUT2D eigenvalue weighted by molar-refractivity contribution is 6.14. The zero-order valence-corrected chi connectivity index (χ0v) is 18.4. The number of carbonyl (C=O) groups is 2. The number of fused-ring (bicyclic) bond motifs is 3. The van der Waals surface area contributed by atoms with Crippen LogP contribution in [0.4, 0.5) is 4.79 Å². The summed E-state index contributed by atoms with van der Waals surface area (Å²) in [4.78, 5) is 32.2. The van der Waals surface area contributed by atoms with Crippen LogP contribution in [0.15, 0.2) is 54.7 Å². The van der Waals surface area contributed by atoms with Crippen molar-refractivity contribution in [3.63, 3.8) is 0 Å². The molecule has 0 spiro atoms. The van der Waals surface area contributed by atoms with Crippen LogP contribution < -0.4 is 5.32 Å². The van der Waals surface area contributed by atoms with Gasteiger partial charge in [-0.2, -0.15) is 0 Å². The summed E-state index contributed by atoms with van der Waals surface area (Å²) in [5.74, 6) is 0.409. The molecule has 0 atom stereocenters. The van der Waals surface area contributed by atoms with E-state index in [1.807, 2.05) is 42.5 Å². The second kappa shape index (κ2) is 8.15. The van der Waals surface area contributed by atoms with Gasteiger partial charge in [0.05, 0.1) is 16.6 Å². The fourth-order valence-electron chi connectivity index (χ4n) is 4.26. The Morgan fingerprint density at radius 2 is 1.88 bits per heavy atom. The lowest BCUT2D eigenvalue weighted by Gasteiger charge is -2.15. The van der Waals surface area contributed by atoms with E-state index in [9.17, 15) is 9.59 Å². The lowest BCUT2D eigenvalue weighted by Crippen LogP contribution is -2.33. The minimum Gasteiger partial charge on any atom is -0.350 e. The summed E-state index contributed by atoms with van der Waals surface area (Å²) in [6.07, 6.45) is 4.83. The van der Waals surface area contributed by atoms with Gasteiger partial charge in [-0.25, -0.2) is 4.79 Å². The maximum atomic E-state index is 13.2. The Kier molecular flexibility index (Phi) is 5.17. The van der Waals surface area contributed by atoms with Crippen LogP contribution in [0.1, 0.15) is 29.0 Å². The SMILES string of the molecule is CN(C)C(=O)n1c(C(=O)NCCc2ccccn2)cc2c1c1ccccc1n2CC1CC1. The Labute approximate surface area is 186 Å². The van der Waals surface area contributed by atoms with Gasteiger partial charge in [0.2, 0.25) is 0 Å². The predicted molar refractivity (Wildman–Crippen MR) is 125 cm³/mol. The first-order chi connectivity index (χ1) is 15.5. The number of aromatic nitrogens is 3. The number of hydrogen-bond acceptors (Lipinski definition) is 3. The number of amides is 2.